The standard InChI is InChI=1S/C23H30N2O.ClH/c1-18(2)25-15-7-10-22(17-25)24(3)23(26)16-19-11-13-21(14-12-19)20-8-5-4-6-9-20;/h4-6,8-9,11-14,18,22H,7,10,15-17H2,1-3H3;1H. The maximum atomic E-state index is 12.8. The number of hydrogen-bond donors (Lipinski definition) is 0. The molecule has 3 rings (SSSR count). The van der Waals surface area contributed by atoms with Gasteiger partial charge in [0.2, 0.25) is 5.91 Å². The zero-order valence-electron chi connectivity index (χ0n) is 16.6. The second kappa shape index (κ2) is 9.91. The van der Waals surface area contributed by atoms with Gasteiger partial charge < -0.3 is 4.90 Å². The molecule has 2 aromatic carbocycles. The molecule has 1 saturated heterocycles. The third-order valence-electron chi connectivity index (χ3n) is 5.52. The molecule has 4 heteroatoms. The third-order valence-corrected chi connectivity index (χ3v) is 5.52. The van der Waals surface area contributed by atoms with Crippen LogP contribution >= 0.6 is 12.4 Å². The molecule has 0 aromatic heterocycles. The van der Waals surface area contributed by atoms with Crippen LogP contribution in [-0.4, -0.2) is 47.9 Å². The van der Waals surface area contributed by atoms with Crippen LogP contribution in [0.4, 0.5) is 0 Å². The van der Waals surface area contributed by atoms with Gasteiger partial charge in [0.15, 0.2) is 0 Å². The normalized spacial score (nSPS) is 17.4. The zero-order chi connectivity index (χ0) is 18.5. The molecule has 1 aliphatic rings. The third kappa shape index (κ3) is 5.57. The van der Waals surface area contributed by atoms with Gasteiger partial charge in [0.1, 0.15) is 0 Å². The van der Waals surface area contributed by atoms with Gasteiger partial charge in [0, 0.05) is 25.7 Å². The van der Waals surface area contributed by atoms with Crippen molar-refractivity contribution in [2.24, 2.45) is 0 Å². The van der Waals surface area contributed by atoms with Crippen LogP contribution in [0.2, 0.25) is 0 Å². The van der Waals surface area contributed by atoms with E-state index < -0.39 is 0 Å². The highest BCUT2D eigenvalue weighted by Gasteiger charge is 2.27. The summed E-state index contributed by atoms with van der Waals surface area (Å²) in [5.74, 6) is 0.216. The second-order valence-electron chi connectivity index (χ2n) is 7.63. The molecule has 1 atom stereocenters. The van der Waals surface area contributed by atoms with Gasteiger partial charge in [-0.1, -0.05) is 54.6 Å². The van der Waals surface area contributed by atoms with Crippen molar-refractivity contribution in [3.63, 3.8) is 0 Å². The first-order chi connectivity index (χ1) is 12.5. The summed E-state index contributed by atoms with van der Waals surface area (Å²) in [6.45, 7) is 6.61. The first-order valence-electron chi connectivity index (χ1n) is 9.68. The average Bonchev–Trinajstić information content (AvgIpc) is 2.68. The first kappa shape index (κ1) is 21.5. The Kier molecular flexibility index (Phi) is 7.88. The maximum Gasteiger partial charge on any atom is 0.227 e. The Labute approximate surface area is 169 Å². The van der Waals surface area contributed by atoms with E-state index in [0.29, 0.717) is 18.5 Å². The molecule has 1 aliphatic heterocycles. The van der Waals surface area contributed by atoms with Crippen LogP contribution in [-0.2, 0) is 11.2 Å². The molecule has 0 spiro atoms. The molecule has 1 unspecified atom stereocenters. The van der Waals surface area contributed by atoms with Crippen molar-refractivity contribution < 1.29 is 4.79 Å². The van der Waals surface area contributed by atoms with Gasteiger partial charge in [-0.2, -0.15) is 0 Å². The van der Waals surface area contributed by atoms with Crippen LogP contribution in [0.1, 0.15) is 32.3 Å². The van der Waals surface area contributed by atoms with Crippen LogP contribution in [0.5, 0.6) is 0 Å². The molecule has 1 fully saturated rings. The van der Waals surface area contributed by atoms with E-state index in [1.165, 1.54) is 17.5 Å². The summed E-state index contributed by atoms with van der Waals surface area (Å²) in [7, 11) is 1.97. The van der Waals surface area contributed by atoms with Gasteiger partial charge in [-0.05, 0) is 49.9 Å². The summed E-state index contributed by atoms with van der Waals surface area (Å²) in [6.07, 6.45) is 2.76. The number of amides is 1. The van der Waals surface area contributed by atoms with Crippen molar-refractivity contribution in [3.8, 4) is 11.1 Å². The molecule has 0 saturated carbocycles. The molecule has 0 radical (unpaired) electrons. The van der Waals surface area contributed by atoms with Gasteiger partial charge >= 0.3 is 0 Å². The van der Waals surface area contributed by atoms with E-state index in [1.807, 2.05) is 30.1 Å². The van der Waals surface area contributed by atoms with Crippen LogP contribution < -0.4 is 0 Å². The summed E-state index contributed by atoms with van der Waals surface area (Å²) >= 11 is 0. The Balaban J connectivity index is 0.00000261. The molecule has 146 valence electrons. The van der Waals surface area contributed by atoms with Crippen molar-refractivity contribution in [1.82, 2.24) is 9.80 Å². The lowest BCUT2D eigenvalue weighted by Crippen LogP contribution is -2.50. The smallest absolute Gasteiger partial charge is 0.227 e. The van der Waals surface area contributed by atoms with E-state index in [1.54, 1.807) is 0 Å². The van der Waals surface area contributed by atoms with Gasteiger partial charge in [-0.25, -0.2) is 0 Å². The number of rotatable bonds is 5. The van der Waals surface area contributed by atoms with Gasteiger partial charge in [0.25, 0.3) is 0 Å². The monoisotopic (exact) mass is 386 g/mol. The Morgan fingerprint density at radius 2 is 1.70 bits per heavy atom. The largest absolute Gasteiger partial charge is 0.341 e. The number of piperidine rings is 1. The molecule has 3 nitrogen and oxygen atoms in total. The molecule has 1 amide bonds. The minimum absolute atomic E-state index is 0. The maximum absolute atomic E-state index is 12.8. The molecular formula is C23H31ClN2O. The summed E-state index contributed by atoms with van der Waals surface area (Å²) in [6, 6.07) is 19.6. The summed E-state index contributed by atoms with van der Waals surface area (Å²) in [5.41, 5.74) is 3.48. The highest BCUT2D eigenvalue weighted by Crippen LogP contribution is 2.21. The van der Waals surface area contributed by atoms with Gasteiger partial charge in [0.05, 0.1) is 6.42 Å². The number of likely N-dealkylation sites (N-methyl/N-ethyl adjacent to an activating group) is 1. The van der Waals surface area contributed by atoms with E-state index >= 15 is 0 Å². The number of hydrogen-bond acceptors (Lipinski definition) is 2. The number of likely N-dealkylation sites (tertiary alicyclic amines) is 1. The summed E-state index contributed by atoms with van der Waals surface area (Å²) < 4.78 is 0. The van der Waals surface area contributed by atoms with Crippen LogP contribution in [0, 0.1) is 0 Å². The van der Waals surface area contributed by atoms with E-state index in [0.717, 1.165) is 25.1 Å². The molecule has 0 N–H and O–H groups in total. The lowest BCUT2D eigenvalue weighted by atomic mass is 10.0. The molecule has 0 aliphatic carbocycles. The minimum Gasteiger partial charge on any atom is -0.341 e. The summed E-state index contributed by atoms with van der Waals surface area (Å²) in [4.78, 5) is 17.2. The van der Waals surface area contributed by atoms with Gasteiger partial charge in [-0.3, -0.25) is 9.69 Å². The lowest BCUT2D eigenvalue weighted by Gasteiger charge is -2.39. The number of carbonyl (C=O) groups is 1. The second-order valence-corrected chi connectivity index (χ2v) is 7.63. The van der Waals surface area contributed by atoms with Crippen LogP contribution in [0.25, 0.3) is 11.1 Å². The first-order valence-corrected chi connectivity index (χ1v) is 9.68. The number of halogens is 1. The molecule has 1 heterocycles. The van der Waals surface area contributed by atoms with Crippen LogP contribution in [0.15, 0.2) is 54.6 Å². The van der Waals surface area contributed by atoms with Gasteiger partial charge in [-0.15, -0.1) is 12.4 Å². The number of nitrogens with zero attached hydrogens (tertiary/aromatic N) is 2. The Morgan fingerprint density at radius 3 is 2.33 bits per heavy atom. The summed E-state index contributed by atoms with van der Waals surface area (Å²) in [5, 5.41) is 0. The lowest BCUT2D eigenvalue weighted by molar-refractivity contribution is -0.132. The average molecular weight is 387 g/mol. The highest BCUT2D eigenvalue weighted by molar-refractivity contribution is 5.85. The fraction of sp³-hybridized carbons (Fsp3) is 0.435. The minimum atomic E-state index is 0. The van der Waals surface area contributed by atoms with Crippen molar-refractivity contribution in [1.29, 1.82) is 0 Å². The number of carbonyl (C=O) groups excluding carboxylic acids is 1. The SMILES string of the molecule is CC(C)N1CCCC(N(C)C(=O)Cc2ccc(-c3ccccc3)cc2)C1.Cl. The zero-order valence-corrected chi connectivity index (χ0v) is 17.4. The Bertz CT molecular complexity index is 715. The number of benzene rings is 2. The molecular weight excluding hydrogens is 356 g/mol. The predicted octanol–water partition coefficient (Wildman–Crippen LogP) is 4.65. The van der Waals surface area contributed by atoms with Crippen molar-refractivity contribution in [2.75, 3.05) is 20.1 Å². The van der Waals surface area contributed by atoms with E-state index in [9.17, 15) is 4.79 Å². The predicted molar refractivity (Wildman–Crippen MR) is 115 cm³/mol. The van der Waals surface area contributed by atoms with E-state index in [-0.39, 0.29) is 18.3 Å². The topological polar surface area (TPSA) is 23.6 Å². The fourth-order valence-corrected chi connectivity index (χ4v) is 3.72. The highest BCUT2D eigenvalue weighted by atomic mass is 35.5. The molecule has 27 heavy (non-hydrogen) atoms. The molecule has 2 aromatic rings. The Hall–Kier alpha value is -1.84. The van der Waals surface area contributed by atoms with Crippen molar-refractivity contribution in [3.05, 3.63) is 60.2 Å². The van der Waals surface area contributed by atoms with Crippen molar-refractivity contribution in [2.45, 2.75) is 45.2 Å². The Morgan fingerprint density at radius 1 is 1.07 bits per heavy atom. The quantitative estimate of drug-likeness (QED) is 0.746. The van der Waals surface area contributed by atoms with Crippen molar-refractivity contribution >= 4 is 18.3 Å². The van der Waals surface area contributed by atoms with Crippen LogP contribution in [0.3, 0.4) is 0 Å². The molecule has 0 bridgehead atoms. The fourth-order valence-electron chi connectivity index (χ4n) is 3.72. The van der Waals surface area contributed by atoms with E-state index in [4.69, 9.17) is 0 Å². The van der Waals surface area contributed by atoms with E-state index in [2.05, 4.69) is 55.1 Å².